The Hall–Kier alpha value is -0.0400. The fourth-order valence-electron chi connectivity index (χ4n) is 2.46. The molecule has 1 heteroatoms. The van der Waals surface area contributed by atoms with Crippen LogP contribution in [0.1, 0.15) is 52.4 Å². The highest BCUT2D eigenvalue weighted by atomic mass is 14.5. The summed E-state index contributed by atoms with van der Waals surface area (Å²) in [7, 11) is 0. The van der Waals surface area contributed by atoms with Crippen molar-refractivity contribution in [3.05, 3.63) is 0 Å². The molecule has 1 aliphatic rings. The van der Waals surface area contributed by atoms with Crippen LogP contribution in [-0.4, -0.2) is 6.54 Å². The lowest BCUT2D eigenvalue weighted by Gasteiger charge is -2.36. The van der Waals surface area contributed by atoms with Crippen LogP contribution >= 0.6 is 0 Å². The Balaban J connectivity index is 2.41. The highest BCUT2D eigenvalue weighted by Gasteiger charge is 2.29. The topological polar surface area (TPSA) is 26.0 Å². The summed E-state index contributed by atoms with van der Waals surface area (Å²) >= 11 is 0. The lowest BCUT2D eigenvalue weighted by atomic mass is 9.69. The fraction of sp³-hybridized carbons (Fsp3) is 1.00. The van der Waals surface area contributed by atoms with Crippen LogP contribution < -0.4 is 5.73 Å². The van der Waals surface area contributed by atoms with E-state index in [1.165, 1.54) is 38.5 Å². The third-order valence-corrected chi connectivity index (χ3v) is 3.50. The summed E-state index contributed by atoms with van der Waals surface area (Å²) in [5.74, 6) is 0.940. The average molecular weight is 169 g/mol. The fourth-order valence-corrected chi connectivity index (χ4v) is 2.46. The van der Waals surface area contributed by atoms with E-state index in [-0.39, 0.29) is 0 Å². The molecule has 0 atom stereocenters. The molecule has 0 unspecified atom stereocenters. The van der Waals surface area contributed by atoms with Crippen LogP contribution in [0.4, 0.5) is 0 Å². The van der Waals surface area contributed by atoms with Crippen LogP contribution in [0, 0.1) is 11.3 Å². The van der Waals surface area contributed by atoms with Gasteiger partial charge in [-0.3, -0.25) is 0 Å². The number of rotatable bonds is 3. The van der Waals surface area contributed by atoms with Crippen molar-refractivity contribution in [1.29, 1.82) is 0 Å². The average Bonchev–Trinajstić information content (AvgIpc) is 2.06. The maximum Gasteiger partial charge on any atom is -0.00721 e. The molecule has 1 aliphatic carbocycles. The van der Waals surface area contributed by atoms with Crippen molar-refractivity contribution < 1.29 is 0 Å². The molecule has 0 amide bonds. The van der Waals surface area contributed by atoms with Gasteiger partial charge in [-0.25, -0.2) is 0 Å². The molecule has 0 saturated heterocycles. The first-order chi connectivity index (χ1) is 5.67. The van der Waals surface area contributed by atoms with E-state index < -0.39 is 0 Å². The first-order valence-corrected chi connectivity index (χ1v) is 5.37. The molecule has 12 heavy (non-hydrogen) atoms. The predicted octanol–water partition coefficient (Wildman–Crippen LogP) is 2.94. The minimum Gasteiger partial charge on any atom is -0.330 e. The van der Waals surface area contributed by atoms with Crippen LogP contribution in [-0.2, 0) is 0 Å². The van der Waals surface area contributed by atoms with Crippen molar-refractivity contribution >= 4 is 0 Å². The van der Waals surface area contributed by atoms with Gasteiger partial charge in [0.1, 0.15) is 0 Å². The molecule has 1 rings (SSSR count). The molecule has 2 N–H and O–H groups in total. The number of hydrogen-bond acceptors (Lipinski definition) is 1. The summed E-state index contributed by atoms with van der Waals surface area (Å²) in [4.78, 5) is 0. The quantitative estimate of drug-likeness (QED) is 0.690. The third-order valence-electron chi connectivity index (χ3n) is 3.50. The Morgan fingerprint density at radius 2 is 1.75 bits per heavy atom. The summed E-state index contributed by atoms with van der Waals surface area (Å²) in [5, 5.41) is 0. The molecular weight excluding hydrogens is 146 g/mol. The highest BCUT2D eigenvalue weighted by Crippen LogP contribution is 2.39. The van der Waals surface area contributed by atoms with Gasteiger partial charge in [-0.05, 0) is 37.1 Å². The zero-order chi connectivity index (χ0) is 9.03. The second kappa shape index (κ2) is 4.27. The molecular formula is C11H23N. The summed E-state index contributed by atoms with van der Waals surface area (Å²) in [6.45, 7) is 5.62. The Morgan fingerprint density at radius 3 is 2.25 bits per heavy atom. The molecule has 0 aromatic rings. The molecule has 0 bridgehead atoms. The summed E-state index contributed by atoms with van der Waals surface area (Å²) in [6, 6.07) is 0. The second-order valence-electron chi connectivity index (χ2n) is 4.86. The maximum absolute atomic E-state index is 5.62. The van der Waals surface area contributed by atoms with Crippen LogP contribution in [0.15, 0.2) is 0 Å². The molecule has 0 spiro atoms. The number of nitrogens with two attached hydrogens (primary N) is 1. The second-order valence-corrected chi connectivity index (χ2v) is 4.86. The highest BCUT2D eigenvalue weighted by molar-refractivity contribution is 4.80. The van der Waals surface area contributed by atoms with E-state index in [9.17, 15) is 0 Å². The SMILES string of the molecule is CC(C)(CCN)C1CCCCC1. The molecule has 0 heterocycles. The van der Waals surface area contributed by atoms with Gasteiger partial charge in [0.2, 0.25) is 0 Å². The van der Waals surface area contributed by atoms with Crippen LogP contribution in [0.25, 0.3) is 0 Å². The van der Waals surface area contributed by atoms with Crippen LogP contribution in [0.5, 0.6) is 0 Å². The van der Waals surface area contributed by atoms with E-state index in [4.69, 9.17) is 5.73 Å². The molecule has 0 aromatic carbocycles. The third kappa shape index (κ3) is 2.48. The normalized spacial score (nSPS) is 21.2. The van der Waals surface area contributed by atoms with Crippen LogP contribution in [0.2, 0.25) is 0 Å². The number of hydrogen-bond donors (Lipinski definition) is 1. The Morgan fingerprint density at radius 1 is 1.17 bits per heavy atom. The molecule has 1 nitrogen and oxygen atoms in total. The monoisotopic (exact) mass is 169 g/mol. The Bertz CT molecular complexity index is 123. The van der Waals surface area contributed by atoms with E-state index in [2.05, 4.69) is 13.8 Å². The predicted molar refractivity (Wildman–Crippen MR) is 54.0 cm³/mol. The van der Waals surface area contributed by atoms with Gasteiger partial charge in [-0.2, -0.15) is 0 Å². The van der Waals surface area contributed by atoms with Crippen molar-refractivity contribution in [2.24, 2.45) is 17.1 Å². The van der Waals surface area contributed by atoms with Crippen molar-refractivity contribution in [3.63, 3.8) is 0 Å². The maximum atomic E-state index is 5.62. The summed E-state index contributed by atoms with van der Waals surface area (Å²) in [6.07, 6.45) is 8.41. The zero-order valence-corrected chi connectivity index (χ0v) is 8.60. The first kappa shape index (κ1) is 10.0. The van der Waals surface area contributed by atoms with E-state index in [0.29, 0.717) is 5.41 Å². The van der Waals surface area contributed by atoms with Gasteiger partial charge in [-0.15, -0.1) is 0 Å². The first-order valence-electron chi connectivity index (χ1n) is 5.37. The van der Waals surface area contributed by atoms with Gasteiger partial charge in [0.25, 0.3) is 0 Å². The Labute approximate surface area is 76.7 Å². The summed E-state index contributed by atoms with van der Waals surface area (Å²) < 4.78 is 0. The van der Waals surface area contributed by atoms with Crippen molar-refractivity contribution in [2.75, 3.05) is 6.54 Å². The summed E-state index contributed by atoms with van der Waals surface area (Å²) in [5.41, 5.74) is 6.12. The largest absolute Gasteiger partial charge is 0.330 e. The van der Waals surface area contributed by atoms with Gasteiger partial charge in [0.15, 0.2) is 0 Å². The smallest absolute Gasteiger partial charge is 0.00721 e. The van der Waals surface area contributed by atoms with Gasteiger partial charge in [-0.1, -0.05) is 33.1 Å². The van der Waals surface area contributed by atoms with E-state index in [1.54, 1.807) is 0 Å². The standard InChI is InChI=1S/C11H23N/c1-11(2,8-9-12)10-6-4-3-5-7-10/h10H,3-9,12H2,1-2H3. The molecule has 0 radical (unpaired) electrons. The van der Waals surface area contributed by atoms with E-state index in [0.717, 1.165) is 12.5 Å². The van der Waals surface area contributed by atoms with Gasteiger partial charge < -0.3 is 5.73 Å². The lowest BCUT2D eigenvalue weighted by Crippen LogP contribution is -2.28. The molecule has 0 aliphatic heterocycles. The van der Waals surface area contributed by atoms with Gasteiger partial charge >= 0.3 is 0 Å². The van der Waals surface area contributed by atoms with Crippen LogP contribution in [0.3, 0.4) is 0 Å². The van der Waals surface area contributed by atoms with Gasteiger partial charge in [0, 0.05) is 0 Å². The van der Waals surface area contributed by atoms with E-state index in [1.807, 2.05) is 0 Å². The minimum atomic E-state index is 0.495. The molecule has 72 valence electrons. The van der Waals surface area contributed by atoms with Crippen molar-refractivity contribution in [3.8, 4) is 0 Å². The lowest BCUT2D eigenvalue weighted by molar-refractivity contribution is 0.149. The Kier molecular flexibility index (Phi) is 3.57. The van der Waals surface area contributed by atoms with E-state index >= 15 is 0 Å². The molecule has 1 fully saturated rings. The van der Waals surface area contributed by atoms with Crippen molar-refractivity contribution in [1.82, 2.24) is 0 Å². The minimum absolute atomic E-state index is 0.495. The van der Waals surface area contributed by atoms with Crippen molar-refractivity contribution in [2.45, 2.75) is 52.4 Å². The zero-order valence-electron chi connectivity index (χ0n) is 8.60. The molecule has 1 saturated carbocycles. The molecule has 0 aromatic heterocycles. The van der Waals surface area contributed by atoms with Gasteiger partial charge in [0.05, 0.1) is 0 Å².